The normalized spacial score (nSPS) is 14.9. The maximum absolute atomic E-state index is 12.2. The average Bonchev–Trinajstić information content (AvgIpc) is 2.62. The van der Waals surface area contributed by atoms with Gasteiger partial charge >= 0.3 is 11.9 Å². The third-order valence-corrected chi connectivity index (χ3v) is 4.68. The predicted octanol–water partition coefficient (Wildman–Crippen LogP) is 5.44. The molecule has 1 aliphatic rings. The molecular formula is C21H30O4. The standard InChI is InChI=1S/C21H30O4/c1-2-3-4-5-9-15-20(22)24-18-13-10-14-19(16-18)25-21(23)17-11-7-6-8-12-17/h10,13-14,16-17H,2-9,11-12,15H2,1H3. The lowest BCUT2D eigenvalue weighted by Crippen LogP contribution is -2.22. The van der Waals surface area contributed by atoms with Gasteiger partial charge in [0.05, 0.1) is 5.92 Å². The van der Waals surface area contributed by atoms with Crippen LogP contribution >= 0.6 is 0 Å². The number of hydrogen-bond donors (Lipinski definition) is 0. The van der Waals surface area contributed by atoms with Crippen molar-refractivity contribution in [2.75, 3.05) is 0 Å². The smallest absolute Gasteiger partial charge is 0.314 e. The van der Waals surface area contributed by atoms with Crippen molar-refractivity contribution in [3.63, 3.8) is 0 Å². The second kappa shape index (κ2) is 10.9. The van der Waals surface area contributed by atoms with E-state index in [2.05, 4.69) is 6.92 Å². The largest absolute Gasteiger partial charge is 0.426 e. The summed E-state index contributed by atoms with van der Waals surface area (Å²) in [6.07, 6.45) is 11.1. The zero-order valence-electron chi connectivity index (χ0n) is 15.3. The van der Waals surface area contributed by atoms with Crippen molar-refractivity contribution in [3.05, 3.63) is 24.3 Å². The SMILES string of the molecule is CCCCCCCC(=O)Oc1cccc(OC(=O)C2CCCCC2)c1. The number of esters is 2. The Hall–Kier alpha value is -1.84. The summed E-state index contributed by atoms with van der Waals surface area (Å²) in [7, 11) is 0. The van der Waals surface area contributed by atoms with E-state index >= 15 is 0 Å². The van der Waals surface area contributed by atoms with Crippen LogP contribution in [0.25, 0.3) is 0 Å². The number of rotatable bonds is 9. The minimum absolute atomic E-state index is 0.00285. The summed E-state index contributed by atoms with van der Waals surface area (Å²) >= 11 is 0. The van der Waals surface area contributed by atoms with E-state index in [9.17, 15) is 9.59 Å². The highest BCUT2D eigenvalue weighted by atomic mass is 16.5. The Morgan fingerprint density at radius 1 is 0.960 bits per heavy atom. The van der Waals surface area contributed by atoms with E-state index in [1.54, 1.807) is 24.3 Å². The van der Waals surface area contributed by atoms with E-state index in [1.165, 1.54) is 19.3 Å². The summed E-state index contributed by atoms with van der Waals surface area (Å²) in [6.45, 7) is 2.17. The number of benzene rings is 1. The van der Waals surface area contributed by atoms with Crippen molar-refractivity contribution in [2.24, 2.45) is 5.92 Å². The molecule has 138 valence electrons. The highest BCUT2D eigenvalue weighted by molar-refractivity contribution is 5.75. The van der Waals surface area contributed by atoms with Gasteiger partial charge in [-0.2, -0.15) is 0 Å². The van der Waals surface area contributed by atoms with Crippen molar-refractivity contribution >= 4 is 11.9 Å². The minimum atomic E-state index is -0.229. The zero-order chi connectivity index (χ0) is 17.9. The topological polar surface area (TPSA) is 52.6 Å². The highest BCUT2D eigenvalue weighted by Crippen LogP contribution is 2.27. The third-order valence-electron chi connectivity index (χ3n) is 4.68. The van der Waals surface area contributed by atoms with Crippen LogP contribution in [-0.4, -0.2) is 11.9 Å². The van der Waals surface area contributed by atoms with Gasteiger partial charge in [-0.05, 0) is 31.4 Å². The predicted molar refractivity (Wildman–Crippen MR) is 97.7 cm³/mol. The summed E-state index contributed by atoms with van der Waals surface area (Å²) in [5.74, 6) is 0.491. The van der Waals surface area contributed by atoms with Gasteiger partial charge in [-0.1, -0.05) is 57.9 Å². The van der Waals surface area contributed by atoms with Crippen molar-refractivity contribution in [1.82, 2.24) is 0 Å². The van der Waals surface area contributed by atoms with Crippen LogP contribution < -0.4 is 9.47 Å². The van der Waals surface area contributed by atoms with Crippen LogP contribution in [0, 0.1) is 5.92 Å². The number of unbranched alkanes of at least 4 members (excludes halogenated alkanes) is 4. The first-order valence-electron chi connectivity index (χ1n) is 9.71. The van der Waals surface area contributed by atoms with Crippen LogP contribution in [0.1, 0.15) is 77.6 Å². The Balaban J connectivity index is 1.77. The lowest BCUT2D eigenvalue weighted by molar-refractivity contribution is -0.140. The summed E-state index contributed by atoms with van der Waals surface area (Å²) < 4.78 is 10.8. The molecule has 0 spiro atoms. The maximum atomic E-state index is 12.2. The number of hydrogen-bond acceptors (Lipinski definition) is 4. The maximum Gasteiger partial charge on any atom is 0.314 e. The van der Waals surface area contributed by atoms with Crippen molar-refractivity contribution in [1.29, 1.82) is 0 Å². The molecule has 1 aliphatic carbocycles. The zero-order valence-corrected chi connectivity index (χ0v) is 15.3. The van der Waals surface area contributed by atoms with Gasteiger partial charge in [-0.25, -0.2) is 0 Å². The first-order chi connectivity index (χ1) is 12.2. The van der Waals surface area contributed by atoms with Crippen molar-refractivity contribution < 1.29 is 19.1 Å². The first-order valence-corrected chi connectivity index (χ1v) is 9.71. The Morgan fingerprint density at radius 2 is 1.64 bits per heavy atom. The molecule has 2 rings (SSSR count). The van der Waals surface area contributed by atoms with Gasteiger partial charge in [0.2, 0.25) is 0 Å². The molecule has 1 saturated carbocycles. The number of carbonyl (C=O) groups excluding carboxylic acids is 2. The van der Waals surface area contributed by atoms with Crippen LogP contribution in [0.4, 0.5) is 0 Å². The summed E-state index contributed by atoms with van der Waals surface area (Å²) in [5.41, 5.74) is 0. The van der Waals surface area contributed by atoms with Gasteiger partial charge in [-0.15, -0.1) is 0 Å². The van der Waals surface area contributed by atoms with E-state index in [0.717, 1.165) is 44.9 Å². The van der Waals surface area contributed by atoms with Gasteiger partial charge in [0, 0.05) is 12.5 Å². The molecule has 0 unspecified atom stereocenters. The minimum Gasteiger partial charge on any atom is -0.426 e. The Morgan fingerprint density at radius 3 is 2.36 bits per heavy atom. The number of ether oxygens (including phenoxy) is 2. The molecular weight excluding hydrogens is 316 g/mol. The van der Waals surface area contributed by atoms with Gasteiger partial charge in [0.25, 0.3) is 0 Å². The summed E-state index contributed by atoms with van der Waals surface area (Å²) in [5, 5.41) is 0. The lowest BCUT2D eigenvalue weighted by Gasteiger charge is -2.19. The lowest BCUT2D eigenvalue weighted by atomic mass is 9.89. The highest BCUT2D eigenvalue weighted by Gasteiger charge is 2.23. The van der Waals surface area contributed by atoms with Gasteiger partial charge in [-0.3, -0.25) is 9.59 Å². The first kappa shape index (κ1) is 19.5. The van der Waals surface area contributed by atoms with E-state index in [0.29, 0.717) is 17.9 Å². The molecule has 0 bridgehead atoms. The molecule has 0 aliphatic heterocycles. The monoisotopic (exact) mass is 346 g/mol. The molecule has 1 aromatic carbocycles. The molecule has 0 atom stereocenters. The summed E-state index contributed by atoms with van der Waals surface area (Å²) in [4.78, 5) is 24.1. The molecule has 0 N–H and O–H groups in total. The third kappa shape index (κ3) is 7.29. The Labute approximate surface area is 150 Å². The molecule has 1 fully saturated rings. The van der Waals surface area contributed by atoms with E-state index in [-0.39, 0.29) is 17.9 Å². The van der Waals surface area contributed by atoms with Gasteiger partial charge < -0.3 is 9.47 Å². The van der Waals surface area contributed by atoms with E-state index in [1.807, 2.05) is 0 Å². The fourth-order valence-electron chi connectivity index (χ4n) is 3.19. The fourth-order valence-corrected chi connectivity index (χ4v) is 3.19. The van der Waals surface area contributed by atoms with Gasteiger partial charge in [0.1, 0.15) is 11.5 Å². The molecule has 4 nitrogen and oxygen atoms in total. The van der Waals surface area contributed by atoms with Crippen LogP contribution in [0.5, 0.6) is 11.5 Å². The van der Waals surface area contributed by atoms with Gasteiger partial charge in [0.15, 0.2) is 0 Å². The molecule has 0 saturated heterocycles. The molecule has 4 heteroatoms. The van der Waals surface area contributed by atoms with E-state index in [4.69, 9.17) is 9.47 Å². The van der Waals surface area contributed by atoms with Crippen molar-refractivity contribution in [2.45, 2.75) is 77.6 Å². The van der Waals surface area contributed by atoms with Crippen LogP contribution in [0.2, 0.25) is 0 Å². The van der Waals surface area contributed by atoms with E-state index < -0.39 is 0 Å². The molecule has 0 amide bonds. The van der Waals surface area contributed by atoms with Crippen molar-refractivity contribution in [3.8, 4) is 11.5 Å². The second-order valence-electron chi connectivity index (χ2n) is 6.87. The molecule has 25 heavy (non-hydrogen) atoms. The van der Waals surface area contributed by atoms with Crippen LogP contribution in [0.15, 0.2) is 24.3 Å². The molecule has 0 radical (unpaired) electrons. The molecule has 0 heterocycles. The van der Waals surface area contributed by atoms with Crippen LogP contribution in [0.3, 0.4) is 0 Å². The molecule has 1 aromatic rings. The summed E-state index contributed by atoms with van der Waals surface area (Å²) in [6, 6.07) is 6.80. The average molecular weight is 346 g/mol. The Bertz CT molecular complexity index is 547. The molecule has 0 aromatic heterocycles. The quantitative estimate of drug-likeness (QED) is 0.339. The number of carbonyl (C=O) groups is 2. The van der Waals surface area contributed by atoms with Crippen LogP contribution in [-0.2, 0) is 9.59 Å². The fraction of sp³-hybridized carbons (Fsp3) is 0.619. The Kier molecular flexibility index (Phi) is 8.50. The second-order valence-corrected chi connectivity index (χ2v) is 6.87.